The molecule has 2 N–H and O–H groups in total. The van der Waals surface area contributed by atoms with E-state index in [0.717, 1.165) is 26.7 Å². The maximum absolute atomic E-state index is 12.1. The fraction of sp³-hybridized carbons (Fsp3) is 0.200. The Labute approximate surface area is 157 Å². The fourth-order valence-electron chi connectivity index (χ4n) is 2.82. The molecule has 0 atom stereocenters. The van der Waals surface area contributed by atoms with Crippen LogP contribution in [0.5, 0.6) is 0 Å². The first-order chi connectivity index (χ1) is 12.7. The van der Waals surface area contributed by atoms with Crippen molar-refractivity contribution in [1.82, 2.24) is 9.78 Å². The molecule has 0 fully saturated rings. The van der Waals surface area contributed by atoms with E-state index >= 15 is 0 Å². The van der Waals surface area contributed by atoms with Crippen molar-refractivity contribution in [3.63, 3.8) is 0 Å². The Kier molecular flexibility index (Phi) is 5.75. The van der Waals surface area contributed by atoms with Crippen molar-refractivity contribution < 1.29 is 9.53 Å². The van der Waals surface area contributed by atoms with E-state index < -0.39 is 0 Å². The molecule has 0 spiro atoms. The quantitative estimate of drug-likeness (QED) is 0.675. The van der Waals surface area contributed by atoms with E-state index in [4.69, 9.17) is 15.6 Å². The minimum atomic E-state index is -0.348. The molecule has 5 nitrogen and oxygen atoms in total. The lowest BCUT2D eigenvalue weighted by molar-refractivity contribution is 0.0597. The Bertz CT molecular complexity index is 907. The average Bonchev–Trinajstić information content (AvgIpc) is 2.98. The maximum atomic E-state index is 12.1. The molecule has 0 unspecified atom stereocenters. The number of ether oxygens (including phenoxy) is 1. The molecule has 0 aliphatic carbocycles. The molecule has 6 heteroatoms. The average molecular weight is 367 g/mol. The largest absolute Gasteiger partial charge is 0.465 e. The molecule has 3 aromatic rings. The number of carbonyl (C=O) groups is 1. The van der Waals surface area contributed by atoms with Gasteiger partial charge >= 0.3 is 5.97 Å². The molecule has 0 aliphatic heterocycles. The Balaban J connectivity index is 2.07. The fourth-order valence-corrected chi connectivity index (χ4v) is 3.93. The highest BCUT2D eigenvalue weighted by Crippen LogP contribution is 2.37. The van der Waals surface area contributed by atoms with Crippen molar-refractivity contribution in [2.45, 2.75) is 16.3 Å². The number of aromatic nitrogens is 2. The third-order valence-corrected chi connectivity index (χ3v) is 5.31. The number of aryl methyl sites for hydroxylation is 1. The Morgan fingerprint density at radius 2 is 1.85 bits per heavy atom. The molecule has 0 amide bonds. The van der Waals surface area contributed by atoms with Gasteiger partial charge in [0.05, 0.1) is 18.4 Å². The van der Waals surface area contributed by atoms with Crippen LogP contribution in [0.3, 0.4) is 0 Å². The summed E-state index contributed by atoms with van der Waals surface area (Å²) in [6, 6.07) is 17.5. The lowest BCUT2D eigenvalue weighted by atomic mass is 10.1. The van der Waals surface area contributed by atoms with Gasteiger partial charge in [-0.2, -0.15) is 5.10 Å². The molecule has 1 aromatic heterocycles. The Hall–Kier alpha value is -2.57. The van der Waals surface area contributed by atoms with Gasteiger partial charge in [-0.3, -0.25) is 4.68 Å². The zero-order valence-electron chi connectivity index (χ0n) is 14.8. The molecular weight excluding hydrogens is 346 g/mol. The van der Waals surface area contributed by atoms with Crippen LogP contribution in [0.2, 0.25) is 0 Å². The van der Waals surface area contributed by atoms with Gasteiger partial charge in [-0.25, -0.2) is 4.79 Å². The van der Waals surface area contributed by atoms with Crippen LogP contribution in [0.25, 0.3) is 11.3 Å². The van der Waals surface area contributed by atoms with Crippen LogP contribution in [0.1, 0.15) is 15.9 Å². The number of rotatable bonds is 6. The third kappa shape index (κ3) is 3.66. The Morgan fingerprint density at radius 1 is 1.15 bits per heavy atom. The number of methoxy groups -OCH3 is 1. The smallest absolute Gasteiger partial charge is 0.339 e. The van der Waals surface area contributed by atoms with Crippen LogP contribution in [0, 0.1) is 0 Å². The van der Waals surface area contributed by atoms with Gasteiger partial charge in [0, 0.05) is 23.1 Å². The molecule has 0 saturated heterocycles. The number of carbonyl (C=O) groups excluding carboxylic acids is 1. The predicted octanol–water partition coefficient (Wildman–Crippen LogP) is 3.53. The highest BCUT2D eigenvalue weighted by molar-refractivity contribution is 7.99. The van der Waals surface area contributed by atoms with Crippen molar-refractivity contribution >= 4 is 17.7 Å². The van der Waals surface area contributed by atoms with E-state index in [9.17, 15) is 4.79 Å². The number of hydrogen-bond acceptors (Lipinski definition) is 5. The van der Waals surface area contributed by atoms with Gasteiger partial charge in [0.25, 0.3) is 0 Å². The normalized spacial score (nSPS) is 10.7. The second kappa shape index (κ2) is 8.21. The summed E-state index contributed by atoms with van der Waals surface area (Å²) in [7, 11) is 3.30. The third-order valence-electron chi connectivity index (χ3n) is 4.03. The number of nitrogens with zero attached hydrogens (tertiary/aromatic N) is 2. The number of hydrogen-bond donors (Lipinski definition) is 1. The summed E-state index contributed by atoms with van der Waals surface area (Å²) in [5, 5.41) is 5.69. The first kappa shape index (κ1) is 18.2. The zero-order valence-corrected chi connectivity index (χ0v) is 15.6. The van der Waals surface area contributed by atoms with Crippen LogP contribution in [0.15, 0.2) is 64.5 Å². The van der Waals surface area contributed by atoms with Crippen molar-refractivity contribution in [2.24, 2.45) is 12.8 Å². The van der Waals surface area contributed by atoms with Crippen molar-refractivity contribution in [3.05, 3.63) is 65.7 Å². The topological polar surface area (TPSA) is 70.1 Å². The van der Waals surface area contributed by atoms with Gasteiger partial charge in [-0.1, -0.05) is 54.2 Å². The lowest BCUT2D eigenvalue weighted by Crippen LogP contribution is -2.05. The molecule has 0 aliphatic rings. The van der Waals surface area contributed by atoms with Crippen LogP contribution >= 0.6 is 11.8 Å². The molecule has 1 heterocycles. The maximum Gasteiger partial charge on any atom is 0.339 e. The van der Waals surface area contributed by atoms with Crippen molar-refractivity contribution in [3.8, 4) is 11.3 Å². The summed E-state index contributed by atoms with van der Waals surface area (Å²) < 4.78 is 6.76. The van der Waals surface area contributed by atoms with E-state index in [1.807, 2.05) is 60.3 Å². The minimum Gasteiger partial charge on any atom is -0.465 e. The van der Waals surface area contributed by atoms with E-state index in [2.05, 4.69) is 0 Å². The van der Waals surface area contributed by atoms with Gasteiger partial charge in [-0.15, -0.1) is 0 Å². The molecule has 0 saturated carbocycles. The summed E-state index contributed by atoms with van der Waals surface area (Å²) in [4.78, 5) is 12.9. The second-order valence-electron chi connectivity index (χ2n) is 5.75. The predicted molar refractivity (Wildman–Crippen MR) is 103 cm³/mol. The van der Waals surface area contributed by atoms with Crippen molar-refractivity contribution in [2.75, 3.05) is 13.7 Å². The summed E-state index contributed by atoms with van der Waals surface area (Å²) in [6.45, 7) is 0.526. The second-order valence-corrected chi connectivity index (χ2v) is 6.78. The van der Waals surface area contributed by atoms with E-state index in [-0.39, 0.29) is 5.97 Å². The first-order valence-electron chi connectivity index (χ1n) is 8.32. The molecule has 0 bridgehead atoms. The lowest BCUT2D eigenvalue weighted by Gasteiger charge is -2.09. The summed E-state index contributed by atoms with van der Waals surface area (Å²) >= 11 is 1.51. The standard InChI is InChI=1S/C20H21N3O2S/c1-23-19(26-17-11-7-6-10-15(17)20(24)25-2)16(12-13-21)18(22-23)14-8-4-3-5-9-14/h3-11H,12-13,21H2,1-2H3. The molecule has 0 radical (unpaired) electrons. The van der Waals surface area contributed by atoms with E-state index in [1.54, 1.807) is 6.07 Å². The SMILES string of the molecule is COC(=O)c1ccccc1Sc1c(CCN)c(-c2ccccc2)nn1C. The summed E-state index contributed by atoms with van der Waals surface area (Å²) in [6.07, 6.45) is 0.709. The molecule has 26 heavy (non-hydrogen) atoms. The van der Waals surface area contributed by atoms with Gasteiger partial charge < -0.3 is 10.5 Å². The number of nitrogens with two attached hydrogens (primary N) is 1. The van der Waals surface area contributed by atoms with Crippen LogP contribution in [-0.4, -0.2) is 29.4 Å². The van der Waals surface area contributed by atoms with E-state index in [1.165, 1.54) is 18.9 Å². The zero-order chi connectivity index (χ0) is 18.5. The summed E-state index contributed by atoms with van der Waals surface area (Å²) in [5.74, 6) is -0.348. The van der Waals surface area contributed by atoms with Gasteiger partial charge in [-0.05, 0) is 25.1 Å². The molecule has 3 rings (SSSR count). The summed E-state index contributed by atoms with van der Waals surface area (Å²) in [5.41, 5.74) is 9.47. The van der Waals surface area contributed by atoms with Gasteiger partial charge in [0.1, 0.15) is 5.03 Å². The molecule has 134 valence electrons. The Morgan fingerprint density at radius 3 is 2.54 bits per heavy atom. The number of benzene rings is 2. The van der Waals surface area contributed by atoms with Crippen LogP contribution in [-0.2, 0) is 18.2 Å². The van der Waals surface area contributed by atoms with Crippen molar-refractivity contribution in [1.29, 1.82) is 0 Å². The minimum absolute atomic E-state index is 0.348. The molecular formula is C20H21N3O2S. The van der Waals surface area contributed by atoms with Crippen LogP contribution in [0.4, 0.5) is 0 Å². The highest BCUT2D eigenvalue weighted by Gasteiger charge is 2.20. The monoisotopic (exact) mass is 367 g/mol. The van der Waals surface area contributed by atoms with Crippen LogP contribution < -0.4 is 5.73 Å². The number of esters is 1. The van der Waals surface area contributed by atoms with Gasteiger partial charge in [0.2, 0.25) is 0 Å². The first-order valence-corrected chi connectivity index (χ1v) is 9.14. The van der Waals surface area contributed by atoms with E-state index in [0.29, 0.717) is 18.5 Å². The highest BCUT2D eigenvalue weighted by atomic mass is 32.2. The molecule has 2 aromatic carbocycles. The van der Waals surface area contributed by atoms with Gasteiger partial charge in [0.15, 0.2) is 0 Å².